The van der Waals surface area contributed by atoms with Crippen molar-refractivity contribution >= 4 is 6.08 Å². The van der Waals surface area contributed by atoms with Gasteiger partial charge in [-0.3, -0.25) is 0 Å². The topological polar surface area (TPSA) is 9.23 Å². The summed E-state index contributed by atoms with van der Waals surface area (Å²) in [5.41, 5.74) is 2.29. The molecule has 1 aliphatic carbocycles. The molecule has 2 heteroatoms. The van der Waals surface area contributed by atoms with E-state index in [1.807, 2.05) is 12.1 Å². The predicted molar refractivity (Wildman–Crippen MR) is 82.2 cm³/mol. The molecule has 0 amide bonds. The second-order valence-corrected chi connectivity index (χ2v) is 5.92. The molecule has 0 radical (unpaired) electrons. The summed E-state index contributed by atoms with van der Waals surface area (Å²) in [5, 5.41) is 0. The second kappa shape index (κ2) is 8.21. The normalized spacial score (nSPS) is 23.3. The van der Waals surface area contributed by atoms with Gasteiger partial charge in [-0.2, -0.15) is 0 Å². The lowest BCUT2D eigenvalue weighted by Crippen LogP contribution is -2.18. The molecule has 0 unspecified atom stereocenters. The van der Waals surface area contributed by atoms with Crippen molar-refractivity contribution in [2.75, 3.05) is 13.7 Å². The molecule has 0 saturated heterocycles. The molecule has 0 aliphatic heterocycles. The number of ether oxygens (including phenoxy) is 1. The lowest BCUT2D eigenvalue weighted by atomic mass is 9.80. The van der Waals surface area contributed by atoms with Crippen LogP contribution in [0.15, 0.2) is 30.6 Å². The zero-order valence-corrected chi connectivity index (χ0v) is 12.4. The highest BCUT2D eigenvalue weighted by atomic mass is 19.1. The maximum Gasteiger partial charge on any atom is 0.0872 e. The van der Waals surface area contributed by atoms with E-state index >= 15 is 0 Å². The smallest absolute Gasteiger partial charge is 0.0872 e. The van der Waals surface area contributed by atoms with E-state index < -0.39 is 0 Å². The highest BCUT2D eigenvalue weighted by molar-refractivity contribution is 5.48. The highest BCUT2D eigenvalue weighted by Gasteiger charge is 2.20. The predicted octanol–water partition coefficient (Wildman–Crippen LogP) is 5.01. The summed E-state index contributed by atoms with van der Waals surface area (Å²) in [5.74, 6) is 1.65. The van der Waals surface area contributed by atoms with Gasteiger partial charge in [-0.25, -0.2) is 4.39 Å². The van der Waals surface area contributed by atoms with Gasteiger partial charge in [0.2, 0.25) is 0 Å². The van der Waals surface area contributed by atoms with Gasteiger partial charge in [-0.05, 0) is 54.7 Å². The van der Waals surface area contributed by atoms with Crippen LogP contribution >= 0.6 is 0 Å². The summed E-state index contributed by atoms with van der Waals surface area (Å²) in [6, 6.07) is 8.21. The Morgan fingerprint density at radius 1 is 1.10 bits per heavy atom. The van der Waals surface area contributed by atoms with Gasteiger partial charge in [-0.1, -0.05) is 37.1 Å². The van der Waals surface area contributed by atoms with Gasteiger partial charge in [0, 0.05) is 13.7 Å². The Morgan fingerprint density at radius 2 is 1.75 bits per heavy atom. The van der Waals surface area contributed by atoms with E-state index in [4.69, 9.17) is 4.74 Å². The molecule has 20 heavy (non-hydrogen) atoms. The molecule has 0 N–H and O–H groups in total. The second-order valence-electron chi connectivity index (χ2n) is 5.92. The maximum atomic E-state index is 12.1. The van der Waals surface area contributed by atoms with E-state index in [9.17, 15) is 4.39 Å². The quantitative estimate of drug-likeness (QED) is 0.709. The van der Waals surface area contributed by atoms with Crippen LogP contribution in [0.2, 0.25) is 0 Å². The molecule has 2 rings (SSSR count). The van der Waals surface area contributed by atoms with Gasteiger partial charge < -0.3 is 4.74 Å². The van der Waals surface area contributed by atoms with Gasteiger partial charge in [0.15, 0.2) is 0 Å². The van der Waals surface area contributed by atoms with E-state index in [2.05, 4.69) is 12.1 Å². The Morgan fingerprint density at radius 3 is 2.35 bits per heavy atom. The van der Waals surface area contributed by atoms with Crippen LogP contribution in [0.1, 0.15) is 43.2 Å². The Hall–Kier alpha value is -1.15. The fourth-order valence-corrected chi connectivity index (χ4v) is 3.16. The standard InChI is InChI=1S/C18H25FO/c1-20-14-18-10-8-16(9-11-18)3-2-15-4-6-17(7-5-15)12-13-19/h4-7,12-13,16,18H,2-3,8-11,14H2,1H3/b13-12+. The molecule has 1 saturated carbocycles. The van der Waals surface area contributed by atoms with Crippen LogP contribution in [0.4, 0.5) is 4.39 Å². The molecule has 1 aromatic carbocycles. The Kier molecular flexibility index (Phi) is 6.25. The first kappa shape index (κ1) is 15.2. The summed E-state index contributed by atoms with van der Waals surface area (Å²) in [6.07, 6.45) is 9.82. The largest absolute Gasteiger partial charge is 0.384 e. The first-order valence-electron chi connectivity index (χ1n) is 7.66. The van der Waals surface area contributed by atoms with Crippen molar-refractivity contribution in [2.45, 2.75) is 38.5 Å². The SMILES string of the molecule is COCC1CCC(CCc2ccc(/C=C/F)cc2)CC1. The zero-order valence-electron chi connectivity index (χ0n) is 12.4. The zero-order chi connectivity index (χ0) is 14.2. The van der Waals surface area contributed by atoms with Crippen LogP contribution in [0, 0.1) is 11.8 Å². The summed E-state index contributed by atoms with van der Waals surface area (Å²) in [4.78, 5) is 0. The third kappa shape index (κ3) is 4.75. The van der Waals surface area contributed by atoms with Crippen LogP contribution in [-0.2, 0) is 11.2 Å². The molecule has 1 nitrogen and oxygen atoms in total. The minimum Gasteiger partial charge on any atom is -0.384 e. The van der Waals surface area contributed by atoms with Crippen molar-refractivity contribution < 1.29 is 9.13 Å². The fraction of sp³-hybridized carbons (Fsp3) is 0.556. The van der Waals surface area contributed by atoms with Crippen molar-refractivity contribution in [3.05, 3.63) is 41.7 Å². The average molecular weight is 276 g/mol. The van der Waals surface area contributed by atoms with Crippen molar-refractivity contribution in [1.29, 1.82) is 0 Å². The van der Waals surface area contributed by atoms with E-state index in [-0.39, 0.29) is 0 Å². The number of hydrogen-bond donors (Lipinski definition) is 0. The van der Waals surface area contributed by atoms with Crippen LogP contribution in [0.5, 0.6) is 0 Å². The summed E-state index contributed by atoms with van der Waals surface area (Å²) in [7, 11) is 1.80. The molecule has 1 aliphatic rings. The number of aryl methyl sites for hydroxylation is 1. The summed E-state index contributed by atoms with van der Waals surface area (Å²) < 4.78 is 17.3. The third-order valence-corrected chi connectivity index (χ3v) is 4.45. The molecule has 1 aromatic rings. The Balaban J connectivity index is 1.73. The van der Waals surface area contributed by atoms with Crippen LogP contribution in [-0.4, -0.2) is 13.7 Å². The molecule has 110 valence electrons. The first-order chi connectivity index (χ1) is 9.81. The minimum atomic E-state index is 0.591. The summed E-state index contributed by atoms with van der Waals surface area (Å²) >= 11 is 0. The van der Waals surface area contributed by atoms with Gasteiger partial charge in [-0.15, -0.1) is 0 Å². The van der Waals surface area contributed by atoms with Gasteiger partial charge in [0.05, 0.1) is 6.33 Å². The molecule has 0 spiro atoms. The Bertz CT molecular complexity index is 402. The molecule has 1 fully saturated rings. The van der Waals surface area contributed by atoms with Crippen LogP contribution < -0.4 is 0 Å². The molecule has 0 bridgehead atoms. The summed E-state index contributed by atoms with van der Waals surface area (Å²) in [6.45, 7) is 0.927. The maximum absolute atomic E-state index is 12.1. The first-order valence-corrected chi connectivity index (χ1v) is 7.66. The van der Waals surface area contributed by atoms with Gasteiger partial charge in [0.25, 0.3) is 0 Å². The van der Waals surface area contributed by atoms with E-state index in [0.717, 1.165) is 30.4 Å². The third-order valence-electron chi connectivity index (χ3n) is 4.45. The van der Waals surface area contributed by atoms with Crippen molar-refractivity contribution in [3.63, 3.8) is 0 Å². The molecular formula is C18H25FO. The monoisotopic (exact) mass is 276 g/mol. The number of methoxy groups -OCH3 is 1. The lowest BCUT2D eigenvalue weighted by molar-refractivity contribution is 0.117. The van der Waals surface area contributed by atoms with E-state index in [1.165, 1.54) is 43.7 Å². The highest BCUT2D eigenvalue weighted by Crippen LogP contribution is 2.31. The molecular weight excluding hydrogens is 251 g/mol. The average Bonchev–Trinajstić information content (AvgIpc) is 2.49. The number of benzene rings is 1. The molecule has 0 atom stereocenters. The van der Waals surface area contributed by atoms with Crippen molar-refractivity contribution in [2.24, 2.45) is 11.8 Å². The van der Waals surface area contributed by atoms with E-state index in [1.54, 1.807) is 7.11 Å². The van der Waals surface area contributed by atoms with Crippen LogP contribution in [0.3, 0.4) is 0 Å². The number of halogens is 1. The fourth-order valence-electron chi connectivity index (χ4n) is 3.16. The Labute approximate surface area is 121 Å². The molecule has 0 heterocycles. The van der Waals surface area contributed by atoms with Gasteiger partial charge >= 0.3 is 0 Å². The van der Waals surface area contributed by atoms with Crippen molar-refractivity contribution in [3.8, 4) is 0 Å². The molecule has 0 aromatic heterocycles. The minimum absolute atomic E-state index is 0.591. The van der Waals surface area contributed by atoms with Gasteiger partial charge in [0.1, 0.15) is 0 Å². The lowest BCUT2D eigenvalue weighted by Gasteiger charge is -2.28. The van der Waals surface area contributed by atoms with Crippen molar-refractivity contribution in [1.82, 2.24) is 0 Å². The number of rotatable bonds is 6. The van der Waals surface area contributed by atoms with Crippen LogP contribution in [0.25, 0.3) is 6.08 Å². The number of hydrogen-bond acceptors (Lipinski definition) is 1. The van der Waals surface area contributed by atoms with E-state index in [0.29, 0.717) is 6.33 Å².